The number of hydrogen-bond acceptors (Lipinski definition) is 11. The molecule has 5 amide bonds. The molecule has 0 bridgehead atoms. The van der Waals surface area contributed by atoms with E-state index < -0.39 is 54.0 Å². The zero-order valence-corrected chi connectivity index (χ0v) is 37.4. The van der Waals surface area contributed by atoms with Crippen LogP contribution in [0.3, 0.4) is 0 Å². The minimum Gasteiger partial charge on any atom is -0.496 e. The Morgan fingerprint density at radius 1 is 1.03 bits per heavy atom. The number of primary amides is 1. The predicted molar refractivity (Wildman–Crippen MR) is 244 cm³/mol. The van der Waals surface area contributed by atoms with Gasteiger partial charge in [0.2, 0.25) is 17.7 Å². The molecular weight excluding hydrogens is 846 g/mol. The van der Waals surface area contributed by atoms with E-state index in [2.05, 4.69) is 69.0 Å². The van der Waals surface area contributed by atoms with Crippen molar-refractivity contribution in [3.63, 3.8) is 0 Å². The lowest BCUT2D eigenvalue weighted by Gasteiger charge is -2.31. The molecule has 15 nitrogen and oxygen atoms in total. The quantitative estimate of drug-likeness (QED) is 0.0812. The summed E-state index contributed by atoms with van der Waals surface area (Å²) in [5, 5.41) is 20.5. The molecule has 66 heavy (non-hydrogen) atoms. The second-order valence-electron chi connectivity index (χ2n) is 17.8. The number of hydrogen-bond donors (Lipinski definition) is 5. The molecule has 3 aliphatic heterocycles. The van der Waals surface area contributed by atoms with Crippen LogP contribution >= 0.6 is 0 Å². The van der Waals surface area contributed by atoms with Crippen molar-refractivity contribution in [2.75, 3.05) is 39.2 Å². The number of ether oxygens (including phenoxy) is 2. The van der Waals surface area contributed by atoms with Crippen LogP contribution in [0.2, 0.25) is 0 Å². The number of fused-ring (bicyclic) bond motifs is 2. The van der Waals surface area contributed by atoms with Gasteiger partial charge in [0.1, 0.15) is 18.4 Å². The van der Waals surface area contributed by atoms with Crippen molar-refractivity contribution in [3.05, 3.63) is 94.2 Å². The maximum absolute atomic E-state index is 14.5. The first-order chi connectivity index (χ1) is 31.8. The number of nitrogens with zero attached hydrogens (tertiary/aromatic N) is 3. The molecule has 3 aromatic carbocycles. The molecular formula is C50H56FN7O8. The lowest BCUT2D eigenvalue weighted by Crippen LogP contribution is -2.53. The molecule has 8 rings (SSSR count). The van der Waals surface area contributed by atoms with Gasteiger partial charge >= 0.3 is 0 Å². The van der Waals surface area contributed by atoms with Gasteiger partial charge in [-0.2, -0.15) is 0 Å². The van der Waals surface area contributed by atoms with E-state index in [1.807, 2.05) is 6.92 Å². The molecule has 3 fully saturated rings. The fourth-order valence-corrected chi connectivity index (χ4v) is 9.87. The number of pyridine rings is 1. The summed E-state index contributed by atoms with van der Waals surface area (Å²) in [7, 11) is 3.59. The number of carbonyl (C=O) groups excluding carboxylic acids is 5. The lowest BCUT2D eigenvalue weighted by atomic mass is 9.82. The summed E-state index contributed by atoms with van der Waals surface area (Å²) in [6.07, 6.45) is 4.22. The minimum absolute atomic E-state index is 0.0239. The molecule has 346 valence electrons. The number of rotatable bonds is 15. The fourth-order valence-electron chi connectivity index (χ4n) is 9.87. The summed E-state index contributed by atoms with van der Waals surface area (Å²) in [4.78, 5) is 70.2. The number of methoxy groups -OCH3 is 1. The normalized spacial score (nSPS) is 23.8. The predicted octanol–water partition coefficient (Wildman–Crippen LogP) is 4.78. The maximum Gasteiger partial charge on any atom is 0.259 e. The van der Waals surface area contributed by atoms with E-state index >= 15 is 0 Å². The smallest absolute Gasteiger partial charge is 0.259 e. The van der Waals surface area contributed by atoms with Crippen molar-refractivity contribution in [2.45, 2.75) is 89.3 Å². The Hall–Kier alpha value is -6.57. The Morgan fingerprint density at radius 3 is 2.50 bits per heavy atom. The number of carbonyl (C=O) groups is 5. The van der Waals surface area contributed by atoms with Crippen LogP contribution in [-0.2, 0) is 27.3 Å². The highest BCUT2D eigenvalue weighted by atomic mass is 19.1. The molecule has 0 spiro atoms. The number of piperidine rings is 1. The van der Waals surface area contributed by atoms with Gasteiger partial charge < -0.3 is 35.8 Å². The topological polar surface area (TPSA) is 206 Å². The molecule has 2 saturated heterocycles. The number of imide groups is 1. The average Bonchev–Trinajstić information content (AvgIpc) is 3.73. The molecule has 4 aliphatic rings. The van der Waals surface area contributed by atoms with Crippen molar-refractivity contribution in [1.82, 2.24) is 25.4 Å². The maximum atomic E-state index is 14.5. The van der Waals surface area contributed by atoms with Gasteiger partial charge in [-0.05, 0) is 87.2 Å². The number of aliphatic hydroxyl groups excluding tert-OH is 1. The van der Waals surface area contributed by atoms with Crippen LogP contribution < -0.4 is 31.2 Å². The molecule has 3 unspecified atom stereocenters. The van der Waals surface area contributed by atoms with Crippen molar-refractivity contribution < 1.29 is 42.9 Å². The average molecular weight is 902 g/mol. The Balaban J connectivity index is 0.824. The van der Waals surface area contributed by atoms with Crippen molar-refractivity contribution in [3.8, 4) is 23.5 Å². The monoisotopic (exact) mass is 901 g/mol. The molecule has 1 aromatic heterocycles. The van der Waals surface area contributed by atoms with Crippen LogP contribution in [0.25, 0.3) is 10.8 Å². The number of nitrogens with one attached hydrogen (secondary N) is 3. The summed E-state index contributed by atoms with van der Waals surface area (Å²) < 4.78 is 26.0. The van der Waals surface area contributed by atoms with E-state index in [4.69, 9.17) is 15.2 Å². The number of halogens is 1. The van der Waals surface area contributed by atoms with Gasteiger partial charge in [-0.25, -0.2) is 9.37 Å². The molecule has 1 saturated carbocycles. The number of aliphatic hydroxyl groups is 1. The Bertz CT molecular complexity index is 2590. The number of nitrogens with two attached hydrogens (primary N) is 1. The Morgan fingerprint density at radius 2 is 1.79 bits per heavy atom. The largest absolute Gasteiger partial charge is 0.496 e. The van der Waals surface area contributed by atoms with E-state index in [0.717, 1.165) is 44.3 Å². The van der Waals surface area contributed by atoms with Gasteiger partial charge in [0.15, 0.2) is 12.4 Å². The first-order valence-corrected chi connectivity index (χ1v) is 22.7. The van der Waals surface area contributed by atoms with Crippen LogP contribution in [-0.4, -0.2) is 102 Å². The number of anilines is 1. The summed E-state index contributed by atoms with van der Waals surface area (Å²) in [5.74, 6) is 4.85. The highest BCUT2D eigenvalue weighted by Crippen LogP contribution is 2.39. The molecule has 16 heteroatoms. The van der Waals surface area contributed by atoms with Crippen LogP contribution in [0.4, 0.5) is 10.1 Å². The van der Waals surface area contributed by atoms with Crippen LogP contribution in [0.5, 0.6) is 11.6 Å². The van der Waals surface area contributed by atoms with Gasteiger partial charge in [0, 0.05) is 66.1 Å². The van der Waals surface area contributed by atoms with Crippen molar-refractivity contribution in [2.24, 2.45) is 23.5 Å². The van der Waals surface area contributed by atoms with Gasteiger partial charge in [0.05, 0.1) is 29.8 Å². The molecule has 0 radical (unpaired) electrons. The molecule has 4 aromatic rings. The first-order valence-electron chi connectivity index (χ1n) is 22.7. The summed E-state index contributed by atoms with van der Waals surface area (Å²) in [6.45, 7) is 4.18. The number of alkyl halides is 1. The summed E-state index contributed by atoms with van der Waals surface area (Å²) in [6, 6.07) is 15.7. The van der Waals surface area contributed by atoms with E-state index in [9.17, 15) is 33.5 Å². The third-order valence-corrected chi connectivity index (χ3v) is 13.4. The SMILES string of the molecule is CC[C@H]1C(COc2ncc(C#C[C@H]3CC[C@H](CN(C)Cc4ccc(CCNc5cccc6c5C(=O)N(C5CCC(=O)NC5=O)C6O)cc4)CC3)c3cc(C(N)=O)c(OC)cc23)NC(=O)[C@H]1F. The van der Waals surface area contributed by atoms with Crippen molar-refractivity contribution in [1.29, 1.82) is 0 Å². The second kappa shape index (κ2) is 19.9. The van der Waals surface area contributed by atoms with Crippen LogP contribution in [0.1, 0.15) is 101 Å². The zero-order valence-electron chi connectivity index (χ0n) is 37.4. The Labute approximate surface area is 383 Å². The highest BCUT2D eigenvalue weighted by Gasteiger charge is 2.45. The van der Waals surface area contributed by atoms with Crippen molar-refractivity contribution >= 4 is 46.0 Å². The first kappa shape index (κ1) is 46.0. The van der Waals surface area contributed by atoms with Gasteiger partial charge in [-0.15, -0.1) is 0 Å². The number of benzene rings is 3. The standard InChI is InChI=1S/C50H56FN7O8/c1-4-33-39(55-47(62)44(33)51)27-66-48-36-23-41(65-3)37(45(52)60)22-35(36)32(24-54-48)17-16-28-8-12-30(13-9-28)25-57(2)26-31-14-10-29(11-15-31)20-21-53-38-7-5-6-34-43(38)50(64)58(49(34)63)40-18-19-42(59)56-46(40)61/h5-7,10-11,14-15,22-24,28,30,33,39-40,44,49,53,63H,4,8-9,12-13,18-21,25-27H2,1-3H3,(H2,52,60)(H,55,62)(H,56,59,61)/t28-,30-,33-,39?,40?,44-,49?/m0/s1. The fraction of sp³-hybridized carbons (Fsp3) is 0.440. The molecule has 1 aliphatic carbocycles. The van der Waals surface area contributed by atoms with Gasteiger partial charge in [0.25, 0.3) is 17.7 Å². The van der Waals surface area contributed by atoms with E-state index in [-0.39, 0.29) is 48.5 Å². The van der Waals surface area contributed by atoms with Gasteiger partial charge in [-0.1, -0.05) is 55.2 Å². The third kappa shape index (κ3) is 9.68. The van der Waals surface area contributed by atoms with Crippen LogP contribution in [0.15, 0.2) is 60.8 Å². The molecule has 4 heterocycles. The van der Waals surface area contributed by atoms with Crippen LogP contribution in [0, 0.1) is 29.6 Å². The van der Waals surface area contributed by atoms with Gasteiger partial charge in [-0.3, -0.25) is 34.2 Å². The van der Waals surface area contributed by atoms with E-state index in [0.29, 0.717) is 58.5 Å². The van der Waals surface area contributed by atoms with E-state index in [1.54, 1.807) is 36.5 Å². The Kier molecular flexibility index (Phi) is 13.9. The number of amides is 5. The van der Waals surface area contributed by atoms with E-state index in [1.165, 1.54) is 17.6 Å². The zero-order chi connectivity index (χ0) is 46.6. The highest BCUT2D eigenvalue weighted by molar-refractivity contribution is 6.08. The molecule has 6 N–H and O–H groups in total. The molecule has 5 atom stereocenters. The minimum atomic E-state index is -1.59. The summed E-state index contributed by atoms with van der Waals surface area (Å²) >= 11 is 0. The number of aromatic nitrogens is 1. The summed E-state index contributed by atoms with van der Waals surface area (Å²) in [5.41, 5.74) is 10.3. The third-order valence-electron chi connectivity index (χ3n) is 13.4. The second-order valence-corrected chi connectivity index (χ2v) is 17.8. The lowest BCUT2D eigenvalue weighted by molar-refractivity contribution is -0.139.